The second-order valence-corrected chi connectivity index (χ2v) is 5.18. The van der Waals surface area contributed by atoms with Gasteiger partial charge in [-0.2, -0.15) is 0 Å². The number of morpholine rings is 1. The lowest BCUT2D eigenvalue weighted by Gasteiger charge is -2.36. The molecule has 1 saturated heterocycles. The van der Waals surface area contributed by atoms with E-state index in [1.54, 1.807) is 6.07 Å². The van der Waals surface area contributed by atoms with Gasteiger partial charge in [-0.1, -0.05) is 12.1 Å². The average Bonchev–Trinajstić information content (AvgIpc) is 2.38. The first-order valence-electron chi connectivity index (χ1n) is 6.62. The number of hydrogen-bond acceptors (Lipinski definition) is 4. The van der Waals surface area contributed by atoms with Crippen LogP contribution in [0.15, 0.2) is 30.3 Å². The highest BCUT2D eigenvalue weighted by Crippen LogP contribution is 2.26. The quantitative estimate of drug-likeness (QED) is 0.854. The number of aromatic hydroxyl groups is 1. The Balaban J connectivity index is 1.98. The fourth-order valence-corrected chi connectivity index (χ4v) is 2.66. The van der Waals surface area contributed by atoms with Crippen LogP contribution in [-0.4, -0.2) is 35.4 Å². The Morgan fingerprint density at radius 3 is 2.63 bits per heavy atom. The minimum absolute atomic E-state index is 0.200. The number of hydrogen-bond donors (Lipinski definition) is 1. The predicted molar refractivity (Wildman–Crippen MR) is 75.6 cm³/mol. The molecule has 0 spiro atoms. The molecule has 4 nitrogen and oxygen atoms in total. The van der Waals surface area contributed by atoms with Gasteiger partial charge in [-0.15, -0.1) is 0 Å². The van der Waals surface area contributed by atoms with Gasteiger partial charge in [-0.05, 0) is 32.0 Å². The van der Waals surface area contributed by atoms with E-state index in [1.807, 2.05) is 24.3 Å². The molecule has 1 N–H and O–H groups in total. The number of phenolic OH excluding ortho intramolecular Hbond substituents is 1. The van der Waals surface area contributed by atoms with Crippen LogP contribution in [0.3, 0.4) is 0 Å². The van der Waals surface area contributed by atoms with Crippen molar-refractivity contribution < 1.29 is 9.84 Å². The molecule has 0 aliphatic carbocycles. The van der Waals surface area contributed by atoms with Crippen molar-refractivity contribution in [2.24, 2.45) is 0 Å². The Morgan fingerprint density at radius 1 is 1.16 bits per heavy atom. The second-order valence-electron chi connectivity index (χ2n) is 5.18. The van der Waals surface area contributed by atoms with E-state index in [4.69, 9.17) is 4.74 Å². The Hall–Kier alpha value is -1.81. The third-order valence-corrected chi connectivity index (χ3v) is 3.43. The normalized spacial score (nSPS) is 23.8. The van der Waals surface area contributed by atoms with Crippen molar-refractivity contribution in [2.45, 2.75) is 26.1 Å². The van der Waals surface area contributed by atoms with Gasteiger partial charge in [0.25, 0.3) is 0 Å². The molecule has 1 aliphatic heterocycles. The van der Waals surface area contributed by atoms with Gasteiger partial charge in [0.05, 0.1) is 12.2 Å². The lowest BCUT2D eigenvalue weighted by atomic mass is 10.2. The highest BCUT2D eigenvalue weighted by Gasteiger charge is 2.23. The van der Waals surface area contributed by atoms with E-state index in [2.05, 4.69) is 23.7 Å². The molecule has 0 saturated carbocycles. The molecule has 1 fully saturated rings. The van der Waals surface area contributed by atoms with Gasteiger partial charge in [0.2, 0.25) is 0 Å². The van der Waals surface area contributed by atoms with Gasteiger partial charge in [-0.3, -0.25) is 0 Å². The maximum atomic E-state index is 9.89. The zero-order valence-corrected chi connectivity index (χ0v) is 11.2. The Bertz CT molecular complexity index is 590. The summed E-state index contributed by atoms with van der Waals surface area (Å²) in [4.78, 5) is 6.80. The van der Waals surface area contributed by atoms with E-state index in [1.165, 1.54) is 0 Å². The number of anilines is 1. The van der Waals surface area contributed by atoms with E-state index < -0.39 is 0 Å². The molecule has 2 atom stereocenters. The van der Waals surface area contributed by atoms with Crippen LogP contribution < -0.4 is 4.90 Å². The molecule has 3 rings (SSSR count). The van der Waals surface area contributed by atoms with E-state index in [-0.39, 0.29) is 18.0 Å². The average molecular weight is 258 g/mol. The van der Waals surface area contributed by atoms with Crippen molar-refractivity contribution in [1.82, 2.24) is 4.98 Å². The lowest BCUT2D eigenvalue weighted by Crippen LogP contribution is -2.45. The second kappa shape index (κ2) is 4.70. The topological polar surface area (TPSA) is 45.6 Å². The third-order valence-electron chi connectivity index (χ3n) is 3.43. The monoisotopic (exact) mass is 258 g/mol. The van der Waals surface area contributed by atoms with Crippen LogP contribution in [0.1, 0.15) is 13.8 Å². The summed E-state index contributed by atoms with van der Waals surface area (Å²) >= 11 is 0. The lowest BCUT2D eigenvalue weighted by molar-refractivity contribution is -0.00544. The maximum absolute atomic E-state index is 9.89. The van der Waals surface area contributed by atoms with Crippen molar-refractivity contribution in [3.63, 3.8) is 0 Å². The number of para-hydroxylation sites is 1. The molecule has 19 heavy (non-hydrogen) atoms. The first-order chi connectivity index (χ1) is 9.13. The smallest absolute Gasteiger partial charge is 0.141 e. The summed E-state index contributed by atoms with van der Waals surface area (Å²) in [7, 11) is 0. The van der Waals surface area contributed by atoms with Crippen LogP contribution >= 0.6 is 0 Å². The standard InChI is InChI=1S/C15H18N2O2/c1-10-8-17(9-11(2)19-10)14-7-6-12-4-3-5-13(18)15(12)16-14/h3-7,10-11,18H,8-9H2,1-2H3/t10-,11-/m1/s1. The summed E-state index contributed by atoms with van der Waals surface area (Å²) in [6, 6.07) is 9.46. The summed E-state index contributed by atoms with van der Waals surface area (Å²) in [5.74, 6) is 1.13. The summed E-state index contributed by atoms with van der Waals surface area (Å²) in [6.45, 7) is 5.80. The minimum atomic E-state index is 0.200. The summed E-state index contributed by atoms with van der Waals surface area (Å²) < 4.78 is 5.73. The molecule has 1 aromatic carbocycles. The van der Waals surface area contributed by atoms with E-state index >= 15 is 0 Å². The number of phenols is 1. The highest BCUT2D eigenvalue weighted by atomic mass is 16.5. The first kappa shape index (κ1) is 12.2. The van der Waals surface area contributed by atoms with Gasteiger partial charge >= 0.3 is 0 Å². The van der Waals surface area contributed by atoms with Crippen LogP contribution in [0.25, 0.3) is 10.9 Å². The minimum Gasteiger partial charge on any atom is -0.506 e. The van der Waals surface area contributed by atoms with Crippen molar-refractivity contribution in [3.05, 3.63) is 30.3 Å². The van der Waals surface area contributed by atoms with Gasteiger partial charge in [0.1, 0.15) is 17.1 Å². The Labute approximate surface area is 112 Å². The van der Waals surface area contributed by atoms with Crippen molar-refractivity contribution in [3.8, 4) is 5.75 Å². The Kier molecular flexibility index (Phi) is 3.03. The maximum Gasteiger partial charge on any atom is 0.141 e. The predicted octanol–water partition coefficient (Wildman–Crippen LogP) is 2.55. The molecular formula is C15H18N2O2. The molecule has 0 amide bonds. The molecule has 0 bridgehead atoms. The van der Waals surface area contributed by atoms with Crippen molar-refractivity contribution in [2.75, 3.05) is 18.0 Å². The van der Waals surface area contributed by atoms with Gasteiger partial charge in [0.15, 0.2) is 0 Å². The van der Waals surface area contributed by atoms with E-state index in [9.17, 15) is 5.11 Å². The zero-order chi connectivity index (χ0) is 13.4. The zero-order valence-electron chi connectivity index (χ0n) is 11.2. The Morgan fingerprint density at radius 2 is 1.89 bits per heavy atom. The van der Waals surface area contributed by atoms with Crippen LogP contribution in [0.4, 0.5) is 5.82 Å². The number of fused-ring (bicyclic) bond motifs is 1. The van der Waals surface area contributed by atoms with Crippen molar-refractivity contribution >= 4 is 16.7 Å². The van der Waals surface area contributed by atoms with Gasteiger partial charge in [0, 0.05) is 18.5 Å². The number of benzene rings is 1. The first-order valence-corrected chi connectivity index (χ1v) is 6.62. The summed E-state index contributed by atoms with van der Waals surface area (Å²) in [5, 5.41) is 10.8. The molecule has 2 aromatic rings. The molecule has 1 aromatic heterocycles. The highest BCUT2D eigenvalue weighted by molar-refractivity contribution is 5.85. The van der Waals surface area contributed by atoms with Crippen molar-refractivity contribution in [1.29, 1.82) is 0 Å². The molecular weight excluding hydrogens is 240 g/mol. The number of pyridine rings is 1. The molecule has 0 radical (unpaired) electrons. The summed E-state index contributed by atoms with van der Waals surface area (Å²) in [6.07, 6.45) is 0.399. The molecule has 4 heteroatoms. The molecule has 0 unspecified atom stereocenters. The van der Waals surface area contributed by atoms with E-state index in [0.717, 1.165) is 24.3 Å². The fraction of sp³-hybridized carbons (Fsp3) is 0.400. The summed E-state index contributed by atoms with van der Waals surface area (Å²) in [5.41, 5.74) is 0.659. The number of nitrogens with zero attached hydrogens (tertiary/aromatic N) is 2. The molecule has 1 aliphatic rings. The number of ether oxygens (including phenoxy) is 1. The van der Waals surface area contributed by atoms with Gasteiger partial charge < -0.3 is 14.7 Å². The fourth-order valence-electron chi connectivity index (χ4n) is 2.66. The third kappa shape index (κ3) is 2.36. The van der Waals surface area contributed by atoms with Crippen LogP contribution in [0.5, 0.6) is 5.75 Å². The van der Waals surface area contributed by atoms with Crippen LogP contribution in [0, 0.1) is 0 Å². The SMILES string of the molecule is C[C@@H]1CN(c2ccc3cccc(O)c3n2)C[C@@H](C)O1. The van der Waals surface area contributed by atoms with Crippen LogP contribution in [-0.2, 0) is 4.74 Å². The number of aromatic nitrogens is 1. The van der Waals surface area contributed by atoms with Gasteiger partial charge in [-0.25, -0.2) is 4.98 Å². The van der Waals surface area contributed by atoms with E-state index in [0.29, 0.717) is 5.52 Å². The number of rotatable bonds is 1. The molecule has 2 heterocycles. The molecule has 100 valence electrons. The van der Waals surface area contributed by atoms with Crippen LogP contribution in [0.2, 0.25) is 0 Å². The largest absolute Gasteiger partial charge is 0.506 e.